The molecule has 0 heterocycles. The van der Waals surface area contributed by atoms with Crippen LogP contribution in [0.3, 0.4) is 0 Å². The van der Waals surface area contributed by atoms with Crippen molar-refractivity contribution >= 4 is 23.4 Å². The molecule has 0 unspecified atom stereocenters. The monoisotopic (exact) mass is 525 g/mol. The van der Waals surface area contributed by atoms with Crippen molar-refractivity contribution in [3.63, 3.8) is 0 Å². The Labute approximate surface area is 218 Å². The van der Waals surface area contributed by atoms with Crippen molar-refractivity contribution in [1.29, 1.82) is 0 Å². The second kappa shape index (κ2) is 9.27. The molecule has 1 saturated carbocycles. The molecule has 6 N–H and O–H groups in total. The van der Waals surface area contributed by atoms with E-state index in [1.165, 1.54) is 6.07 Å². The molecule has 0 saturated heterocycles. The molecule has 1 fully saturated rings. The van der Waals surface area contributed by atoms with E-state index in [0.717, 1.165) is 25.7 Å². The third kappa shape index (κ3) is 3.65. The Kier molecular flexibility index (Phi) is 6.33. The quantitative estimate of drug-likeness (QED) is 0.225. The number of aliphatic hydroxyl groups is 3. The van der Waals surface area contributed by atoms with Crippen LogP contribution in [-0.4, -0.2) is 55.6 Å². The predicted molar refractivity (Wildman–Crippen MR) is 132 cm³/mol. The van der Waals surface area contributed by atoms with Gasteiger partial charge in [0.25, 0.3) is 5.91 Å². The molecule has 0 radical (unpaired) electrons. The number of carbonyl (C=O) groups is 4. The number of carbonyl (C=O) groups excluding carboxylic acids is 4. The zero-order chi connectivity index (χ0) is 27.5. The highest BCUT2D eigenvalue weighted by atomic mass is 16.5. The standard InChI is InChI=1S/C28H31NO9/c1-12-14-9-6-10-16(30)19(14)22(32)21-18(12)23(38-27(36)13-7-4-2-3-5-8-13)15-11-17(31)20(26(29)35)24(33)28(15,37)25(21)34/h6,9-10,12-13,15,18,23,30-31,34,37H,2-5,7-8,11H2,1H3,(H2,29,35)/t12-,15+,18+,23+,28+/m0/s1. The summed E-state index contributed by atoms with van der Waals surface area (Å²) in [6.45, 7) is 1.73. The predicted octanol–water partition coefficient (Wildman–Crippen LogP) is 2.63. The van der Waals surface area contributed by atoms with E-state index < -0.39 is 82.3 Å². The topological polar surface area (TPSA) is 184 Å². The summed E-state index contributed by atoms with van der Waals surface area (Å²) in [4.78, 5) is 52.6. The van der Waals surface area contributed by atoms with Gasteiger partial charge >= 0.3 is 5.97 Å². The van der Waals surface area contributed by atoms with E-state index in [4.69, 9.17) is 10.5 Å². The third-order valence-corrected chi connectivity index (χ3v) is 8.77. The minimum absolute atomic E-state index is 0.0922. The summed E-state index contributed by atoms with van der Waals surface area (Å²) in [7, 11) is 0. The summed E-state index contributed by atoms with van der Waals surface area (Å²) in [5, 5.41) is 44.2. The van der Waals surface area contributed by atoms with Crippen molar-refractivity contribution in [1.82, 2.24) is 0 Å². The lowest BCUT2D eigenvalue weighted by atomic mass is 9.56. The van der Waals surface area contributed by atoms with Gasteiger partial charge < -0.3 is 30.9 Å². The molecule has 1 aromatic rings. The zero-order valence-electron chi connectivity index (χ0n) is 21.0. The Morgan fingerprint density at radius 1 is 1.05 bits per heavy atom. The second-order valence-electron chi connectivity index (χ2n) is 10.8. The highest BCUT2D eigenvalue weighted by molar-refractivity contribution is 6.24. The largest absolute Gasteiger partial charge is 0.511 e. The van der Waals surface area contributed by atoms with Gasteiger partial charge in [-0.15, -0.1) is 0 Å². The van der Waals surface area contributed by atoms with Crippen LogP contribution in [0, 0.1) is 17.8 Å². The van der Waals surface area contributed by atoms with Crippen molar-refractivity contribution < 1.29 is 44.3 Å². The van der Waals surface area contributed by atoms with E-state index in [9.17, 15) is 39.6 Å². The molecule has 4 aliphatic rings. The molecule has 10 nitrogen and oxygen atoms in total. The Balaban J connectivity index is 1.69. The lowest BCUT2D eigenvalue weighted by Crippen LogP contribution is -2.63. The van der Waals surface area contributed by atoms with Crippen LogP contribution in [0.5, 0.6) is 5.75 Å². The van der Waals surface area contributed by atoms with Crippen molar-refractivity contribution in [2.45, 2.75) is 69.5 Å². The lowest BCUT2D eigenvalue weighted by Gasteiger charge is -2.51. The molecule has 1 amide bonds. The normalized spacial score (nSPS) is 31.7. The number of allylic oxidation sites excluding steroid dienone is 1. The summed E-state index contributed by atoms with van der Waals surface area (Å²) in [5.74, 6) is -9.46. The van der Waals surface area contributed by atoms with Crippen molar-refractivity contribution in [2.75, 3.05) is 0 Å². The van der Waals surface area contributed by atoms with Gasteiger partial charge in [0, 0.05) is 23.8 Å². The Bertz CT molecular complexity index is 1300. The number of amides is 1. The average molecular weight is 526 g/mol. The van der Waals surface area contributed by atoms with Gasteiger partial charge in [0.15, 0.2) is 11.4 Å². The molecule has 0 aliphatic heterocycles. The molecule has 0 bridgehead atoms. The lowest BCUT2D eigenvalue weighted by molar-refractivity contribution is -0.178. The Morgan fingerprint density at radius 3 is 2.34 bits per heavy atom. The smallest absolute Gasteiger partial charge is 0.309 e. The first-order valence-corrected chi connectivity index (χ1v) is 13.0. The molecule has 5 atom stereocenters. The van der Waals surface area contributed by atoms with E-state index in [-0.39, 0.29) is 16.9 Å². The van der Waals surface area contributed by atoms with E-state index in [0.29, 0.717) is 18.4 Å². The highest BCUT2D eigenvalue weighted by Crippen LogP contribution is 2.55. The number of benzene rings is 1. The summed E-state index contributed by atoms with van der Waals surface area (Å²) in [5.41, 5.74) is 1.55. The summed E-state index contributed by atoms with van der Waals surface area (Å²) < 4.78 is 6.03. The molecular formula is C28H31NO9. The van der Waals surface area contributed by atoms with Crippen LogP contribution >= 0.6 is 0 Å². The fraction of sp³-hybridized carbons (Fsp3) is 0.500. The second-order valence-corrected chi connectivity index (χ2v) is 10.8. The van der Waals surface area contributed by atoms with Gasteiger partial charge in [0.1, 0.15) is 28.9 Å². The molecule has 1 aromatic carbocycles. The van der Waals surface area contributed by atoms with Gasteiger partial charge in [0.2, 0.25) is 5.78 Å². The molecule has 202 valence electrons. The maximum atomic E-state index is 13.7. The number of nitrogens with two attached hydrogens (primary N) is 1. The van der Waals surface area contributed by atoms with Gasteiger partial charge in [-0.1, -0.05) is 44.7 Å². The molecular weight excluding hydrogens is 494 g/mol. The number of aliphatic hydroxyl groups excluding tert-OH is 2. The molecule has 5 rings (SSSR count). The number of aromatic hydroxyl groups is 1. The third-order valence-electron chi connectivity index (χ3n) is 8.77. The number of ketones is 2. The number of hydrogen-bond donors (Lipinski definition) is 5. The summed E-state index contributed by atoms with van der Waals surface area (Å²) in [6, 6.07) is 4.52. The first-order chi connectivity index (χ1) is 18.0. The Hall–Kier alpha value is -3.66. The van der Waals surface area contributed by atoms with Crippen LogP contribution < -0.4 is 5.73 Å². The van der Waals surface area contributed by atoms with Gasteiger partial charge in [-0.05, 0) is 30.4 Å². The van der Waals surface area contributed by atoms with Crippen molar-refractivity contribution in [3.8, 4) is 5.75 Å². The van der Waals surface area contributed by atoms with E-state index in [2.05, 4.69) is 0 Å². The maximum absolute atomic E-state index is 13.7. The molecule has 0 spiro atoms. The number of fused-ring (bicyclic) bond motifs is 3. The summed E-state index contributed by atoms with van der Waals surface area (Å²) >= 11 is 0. The number of ether oxygens (including phenoxy) is 1. The fourth-order valence-electron chi connectivity index (χ4n) is 6.82. The minimum atomic E-state index is -2.85. The molecule has 0 aromatic heterocycles. The van der Waals surface area contributed by atoms with Crippen molar-refractivity contribution in [2.24, 2.45) is 23.5 Å². The average Bonchev–Trinajstić information content (AvgIpc) is 3.15. The fourth-order valence-corrected chi connectivity index (χ4v) is 6.82. The number of phenols is 1. The first kappa shape index (κ1) is 26.0. The SMILES string of the molecule is C[C@H]1c2cccc(O)c2C(=O)C2=C(O)[C@]3(O)C(=O)C(C(N)=O)=C(O)C[C@@H]3[C@@H](OC(=O)C3CCCCCC3)[C@@H]21. The summed E-state index contributed by atoms with van der Waals surface area (Å²) in [6.07, 6.45) is 3.10. The van der Waals surface area contributed by atoms with Crippen LogP contribution in [-0.2, 0) is 19.1 Å². The number of rotatable bonds is 3. The minimum Gasteiger partial charge on any atom is -0.511 e. The number of Topliss-reactive ketones (excluding diaryl/α,β-unsaturated/α-hetero) is 2. The van der Waals surface area contributed by atoms with Gasteiger partial charge in [-0.25, -0.2) is 0 Å². The first-order valence-electron chi connectivity index (χ1n) is 13.0. The number of esters is 1. The van der Waals surface area contributed by atoms with Crippen LogP contribution in [0.4, 0.5) is 0 Å². The van der Waals surface area contributed by atoms with Crippen molar-refractivity contribution in [3.05, 3.63) is 52.0 Å². The van der Waals surface area contributed by atoms with E-state index >= 15 is 0 Å². The Morgan fingerprint density at radius 2 is 1.71 bits per heavy atom. The van der Waals surface area contributed by atoms with Crippen LogP contribution in [0.2, 0.25) is 0 Å². The van der Waals surface area contributed by atoms with E-state index in [1.54, 1.807) is 19.1 Å². The van der Waals surface area contributed by atoms with Gasteiger partial charge in [0.05, 0.1) is 11.5 Å². The molecule has 10 heteroatoms. The number of hydrogen-bond acceptors (Lipinski definition) is 9. The van der Waals surface area contributed by atoms with Crippen LogP contribution in [0.15, 0.2) is 40.9 Å². The van der Waals surface area contributed by atoms with Crippen LogP contribution in [0.25, 0.3) is 0 Å². The van der Waals surface area contributed by atoms with Gasteiger partial charge in [-0.2, -0.15) is 0 Å². The molecule has 4 aliphatic carbocycles. The van der Waals surface area contributed by atoms with Gasteiger partial charge in [-0.3, -0.25) is 19.2 Å². The number of phenolic OH excluding ortho intramolecular Hbond substituents is 1. The van der Waals surface area contributed by atoms with E-state index in [1.807, 2.05) is 0 Å². The maximum Gasteiger partial charge on any atom is 0.309 e. The molecule has 38 heavy (non-hydrogen) atoms. The van der Waals surface area contributed by atoms with Crippen LogP contribution in [0.1, 0.15) is 73.7 Å². The highest BCUT2D eigenvalue weighted by Gasteiger charge is 2.65. The number of primary amides is 1. The zero-order valence-corrected chi connectivity index (χ0v) is 21.0.